The van der Waals surface area contributed by atoms with Crippen LogP contribution in [0.15, 0.2) is 18.3 Å². The first-order valence-electron chi connectivity index (χ1n) is 9.53. The molecule has 1 amide bonds. The first-order chi connectivity index (χ1) is 13.8. The van der Waals surface area contributed by atoms with Gasteiger partial charge in [-0.25, -0.2) is 9.37 Å². The SMILES string of the molecule is CC(=O)c1cc(Nc2nc(NC3CCCC[C@@H]3N)c(F)cc2C(N)=O)cnc1C. The lowest BCUT2D eigenvalue weighted by Crippen LogP contribution is -2.43. The highest BCUT2D eigenvalue weighted by molar-refractivity contribution is 5.99. The number of anilines is 3. The van der Waals surface area contributed by atoms with Crippen LogP contribution < -0.4 is 22.1 Å². The van der Waals surface area contributed by atoms with Crippen molar-refractivity contribution in [1.82, 2.24) is 9.97 Å². The molecule has 1 saturated carbocycles. The summed E-state index contributed by atoms with van der Waals surface area (Å²) in [6.45, 7) is 3.16. The number of carbonyl (C=O) groups is 2. The molecule has 3 rings (SSSR count). The number of Topliss-reactive ketones (excluding diaryl/α,β-unsaturated/α-hetero) is 1. The second-order valence-corrected chi connectivity index (χ2v) is 7.32. The number of carbonyl (C=O) groups excluding carboxylic acids is 2. The average molecular weight is 400 g/mol. The molecule has 0 spiro atoms. The lowest BCUT2D eigenvalue weighted by atomic mass is 9.91. The maximum Gasteiger partial charge on any atom is 0.252 e. The summed E-state index contributed by atoms with van der Waals surface area (Å²) in [5.74, 6) is -1.59. The van der Waals surface area contributed by atoms with E-state index in [0.29, 0.717) is 16.9 Å². The van der Waals surface area contributed by atoms with Crippen LogP contribution in [0.5, 0.6) is 0 Å². The lowest BCUT2D eigenvalue weighted by Gasteiger charge is -2.30. The number of halogens is 1. The fourth-order valence-corrected chi connectivity index (χ4v) is 3.48. The zero-order valence-electron chi connectivity index (χ0n) is 16.5. The summed E-state index contributed by atoms with van der Waals surface area (Å²) in [5, 5.41) is 5.98. The standard InChI is InChI=1S/C20H25FN6O2/c1-10-13(11(2)28)7-12(9-24-10)25-19-14(18(23)29)8-15(21)20(27-19)26-17-6-4-3-5-16(17)22/h7-9,16-17H,3-6,22H2,1-2H3,(H2,23,29)(H2,25,26,27)/t16-,17?/m0/s1. The molecule has 1 unspecified atom stereocenters. The Balaban J connectivity index is 1.95. The summed E-state index contributed by atoms with van der Waals surface area (Å²) in [6, 6.07) is 2.44. The van der Waals surface area contributed by atoms with E-state index in [1.807, 2.05) is 0 Å². The number of aryl methyl sites for hydroxylation is 1. The molecule has 29 heavy (non-hydrogen) atoms. The Morgan fingerprint density at radius 2 is 1.90 bits per heavy atom. The van der Waals surface area contributed by atoms with Crippen LogP contribution in [-0.4, -0.2) is 33.7 Å². The summed E-state index contributed by atoms with van der Waals surface area (Å²) >= 11 is 0. The third kappa shape index (κ3) is 4.68. The van der Waals surface area contributed by atoms with Crippen molar-refractivity contribution in [3.8, 4) is 0 Å². The molecule has 2 aromatic rings. The van der Waals surface area contributed by atoms with Crippen molar-refractivity contribution in [3.05, 3.63) is 41.0 Å². The molecule has 6 N–H and O–H groups in total. The van der Waals surface area contributed by atoms with Gasteiger partial charge < -0.3 is 22.1 Å². The van der Waals surface area contributed by atoms with Crippen molar-refractivity contribution in [1.29, 1.82) is 0 Å². The normalized spacial score (nSPS) is 18.9. The predicted octanol–water partition coefficient (Wildman–Crippen LogP) is 2.65. The van der Waals surface area contributed by atoms with Gasteiger partial charge in [0.1, 0.15) is 5.82 Å². The predicted molar refractivity (Wildman–Crippen MR) is 109 cm³/mol. The van der Waals surface area contributed by atoms with Gasteiger partial charge in [0.15, 0.2) is 17.4 Å². The molecule has 154 valence electrons. The second-order valence-electron chi connectivity index (χ2n) is 7.32. The molecule has 1 fully saturated rings. The maximum absolute atomic E-state index is 14.6. The molecule has 0 bridgehead atoms. The molecule has 2 aromatic heterocycles. The highest BCUT2D eigenvalue weighted by Gasteiger charge is 2.24. The fraction of sp³-hybridized carbons (Fsp3) is 0.400. The molecule has 0 radical (unpaired) electrons. The summed E-state index contributed by atoms with van der Waals surface area (Å²) in [4.78, 5) is 32.0. The molecule has 0 aromatic carbocycles. The van der Waals surface area contributed by atoms with Gasteiger partial charge in [-0.05, 0) is 38.8 Å². The zero-order chi connectivity index (χ0) is 21.1. The number of pyridine rings is 2. The lowest BCUT2D eigenvalue weighted by molar-refractivity contribution is 0.0996. The number of ketones is 1. The van der Waals surface area contributed by atoms with Crippen LogP contribution >= 0.6 is 0 Å². The summed E-state index contributed by atoms with van der Waals surface area (Å²) in [5.41, 5.74) is 12.9. The molecule has 1 aliphatic carbocycles. The first-order valence-corrected chi connectivity index (χ1v) is 9.53. The number of hydrogen-bond acceptors (Lipinski definition) is 7. The minimum atomic E-state index is -0.827. The number of rotatable bonds is 6. The van der Waals surface area contributed by atoms with Crippen LogP contribution in [-0.2, 0) is 0 Å². The van der Waals surface area contributed by atoms with E-state index in [1.165, 1.54) is 13.1 Å². The van der Waals surface area contributed by atoms with E-state index in [2.05, 4.69) is 20.6 Å². The minimum Gasteiger partial charge on any atom is -0.365 e. The van der Waals surface area contributed by atoms with Crippen LogP contribution in [0.25, 0.3) is 0 Å². The van der Waals surface area contributed by atoms with Gasteiger partial charge in [0.25, 0.3) is 5.91 Å². The number of hydrogen-bond donors (Lipinski definition) is 4. The monoisotopic (exact) mass is 400 g/mol. The molecule has 9 heteroatoms. The maximum atomic E-state index is 14.6. The summed E-state index contributed by atoms with van der Waals surface area (Å²) in [7, 11) is 0. The van der Waals surface area contributed by atoms with Gasteiger partial charge in [0.05, 0.1) is 17.4 Å². The van der Waals surface area contributed by atoms with Crippen molar-refractivity contribution in [3.63, 3.8) is 0 Å². The Hall–Kier alpha value is -3.07. The smallest absolute Gasteiger partial charge is 0.252 e. The van der Waals surface area contributed by atoms with E-state index < -0.39 is 11.7 Å². The molecule has 2 heterocycles. The summed E-state index contributed by atoms with van der Waals surface area (Å²) < 4.78 is 14.6. The Morgan fingerprint density at radius 1 is 1.17 bits per heavy atom. The van der Waals surface area contributed by atoms with E-state index in [-0.39, 0.29) is 35.1 Å². The highest BCUT2D eigenvalue weighted by Crippen LogP contribution is 2.27. The number of nitrogens with one attached hydrogen (secondary N) is 2. The molecule has 8 nitrogen and oxygen atoms in total. The van der Waals surface area contributed by atoms with Crippen molar-refractivity contribution in [2.75, 3.05) is 10.6 Å². The summed E-state index contributed by atoms with van der Waals surface area (Å²) in [6.07, 6.45) is 5.21. The van der Waals surface area contributed by atoms with Crippen molar-refractivity contribution < 1.29 is 14.0 Å². The third-order valence-electron chi connectivity index (χ3n) is 5.11. The Kier molecular flexibility index (Phi) is 6.07. The van der Waals surface area contributed by atoms with Gasteiger partial charge in [-0.15, -0.1) is 0 Å². The zero-order valence-corrected chi connectivity index (χ0v) is 16.5. The largest absolute Gasteiger partial charge is 0.365 e. The van der Waals surface area contributed by atoms with Gasteiger partial charge in [-0.1, -0.05) is 12.8 Å². The van der Waals surface area contributed by atoms with E-state index >= 15 is 0 Å². The van der Waals surface area contributed by atoms with Gasteiger partial charge >= 0.3 is 0 Å². The van der Waals surface area contributed by atoms with Crippen LogP contribution in [0.3, 0.4) is 0 Å². The number of primary amides is 1. The van der Waals surface area contributed by atoms with Crippen molar-refractivity contribution >= 4 is 29.0 Å². The van der Waals surface area contributed by atoms with Gasteiger partial charge in [-0.2, -0.15) is 0 Å². The van der Waals surface area contributed by atoms with Crippen LogP contribution in [0, 0.1) is 12.7 Å². The van der Waals surface area contributed by atoms with Crippen molar-refractivity contribution in [2.45, 2.75) is 51.6 Å². The fourth-order valence-electron chi connectivity index (χ4n) is 3.48. The first kappa shape index (κ1) is 20.7. The highest BCUT2D eigenvalue weighted by atomic mass is 19.1. The van der Waals surface area contributed by atoms with E-state index in [1.54, 1.807) is 13.0 Å². The third-order valence-corrected chi connectivity index (χ3v) is 5.11. The Bertz CT molecular complexity index is 949. The molecular formula is C20H25FN6O2. The number of aromatic nitrogens is 2. The van der Waals surface area contributed by atoms with Crippen molar-refractivity contribution in [2.24, 2.45) is 11.5 Å². The topological polar surface area (TPSA) is 136 Å². The number of nitrogens with two attached hydrogens (primary N) is 2. The average Bonchev–Trinajstić information content (AvgIpc) is 2.67. The van der Waals surface area contributed by atoms with Gasteiger partial charge in [-0.3, -0.25) is 14.6 Å². The minimum absolute atomic E-state index is 0.00767. The molecule has 2 atom stereocenters. The molecular weight excluding hydrogens is 375 g/mol. The van der Waals surface area contributed by atoms with Crippen LogP contribution in [0.1, 0.15) is 59.0 Å². The molecule has 1 aliphatic rings. The van der Waals surface area contributed by atoms with E-state index in [0.717, 1.165) is 31.7 Å². The van der Waals surface area contributed by atoms with Gasteiger partial charge in [0.2, 0.25) is 0 Å². The number of nitrogens with zero attached hydrogens (tertiary/aromatic N) is 2. The molecule has 0 saturated heterocycles. The van der Waals surface area contributed by atoms with E-state index in [4.69, 9.17) is 11.5 Å². The Morgan fingerprint density at radius 3 is 2.55 bits per heavy atom. The Labute approximate surface area is 168 Å². The number of amides is 1. The quantitative estimate of drug-likeness (QED) is 0.547. The van der Waals surface area contributed by atoms with Crippen LogP contribution in [0.2, 0.25) is 0 Å². The van der Waals surface area contributed by atoms with Crippen LogP contribution in [0.4, 0.5) is 21.7 Å². The second kappa shape index (κ2) is 8.52. The molecule has 0 aliphatic heterocycles. The van der Waals surface area contributed by atoms with Gasteiger partial charge in [0, 0.05) is 23.3 Å². The van der Waals surface area contributed by atoms with E-state index in [9.17, 15) is 14.0 Å².